The van der Waals surface area contributed by atoms with Crippen molar-refractivity contribution in [3.05, 3.63) is 72.8 Å². The summed E-state index contributed by atoms with van der Waals surface area (Å²) in [6, 6.07) is 18.0. The van der Waals surface area contributed by atoms with Crippen LogP contribution >= 0.6 is 0 Å². The highest BCUT2D eigenvalue weighted by Crippen LogP contribution is 2.34. The molecule has 0 aromatic heterocycles. The Morgan fingerprint density at radius 2 is 1.19 bits per heavy atom. The molecule has 0 atom stereocenters. The summed E-state index contributed by atoms with van der Waals surface area (Å²) in [4.78, 5) is 5.11. The van der Waals surface area contributed by atoms with Gasteiger partial charge in [0.2, 0.25) is 0 Å². The highest BCUT2D eigenvalue weighted by Gasteiger charge is 2.39. The van der Waals surface area contributed by atoms with Crippen LogP contribution in [0.3, 0.4) is 0 Å². The summed E-state index contributed by atoms with van der Waals surface area (Å²) < 4.78 is 0. The maximum atomic E-state index is 4.02. The van der Waals surface area contributed by atoms with Gasteiger partial charge in [0.25, 0.3) is 0 Å². The van der Waals surface area contributed by atoms with Crippen LogP contribution in [0.2, 0.25) is 12.1 Å². The minimum Gasteiger partial charge on any atom is -0.368 e. The number of nitrogens with zero attached hydrogens (tertiary/aromatic N) is 2. The maximum absolute atomic E-state index is 4.02. The van der Waals surface area contributed by atoms with E-state index in [9.17, 15) is 0 Å². The summed E-state index contributed by atoms with van der Waals surface area (Å²) in [6.07, 6.45) is 13.2. The van der Waals surface area contributed by atoms with Gasteiger partial charge in [-0.05, 0) is 61.0 Å². The molecule has 2 aromatic carbocycles. The van der Waals surface area contributed by atoms with Crippen LogP contribution in [-0.4, -0.2) is 34.3 Å². The standard InChI is InChI=1S/C29H38N2Si/c1-3-16-30-18-8-10-24-12-14-26(22-28(24)30)32(20-6-5-7-21-32)27-15-13-25-11-9-19-31(17-4-2)29(25)23-27/h3-4,12-15,22-23H,1-2,5-11,16-21H2. The van der Waals surface area contributed by atoms with E-state index >= 15 is 0 Å². The lowest BCUT2D eigenvalue weighted by atomic mass is 10.0. The number of hydrogen-bond donors (Lipinski definition) is 0. The minimum absolute atomic E-state index is 0.959. The van der Waals surface area contributed by atoms with Crippen molar-refractivity contribution >= 4 is 29.8 Å². The lowest BCUT2D eigenvalue weighted by molar-refractivity contribution is 0.716. The molecular weight excluding hydrogens is 404 g/mol. The summed E-state index contributed by atoms with van der Waals surface area (Å²) >= 11 is 0. The second kappa shape index (κ2) is 9.31. The number of hydrogen-bond acceptors (Lipinski definition) is 2. The molecule has 0 N–H and O–H groups in total. The Labute approximate surface area is 195 Å². The topological polar surface area (TPSA) is 6.48 Å². The van der Waals surface area contributed by atoms with Gasteiger partial charge in [0.05, 0.1) is 0 Å². The molecule has 0 radical (unpaired) electrons. The van der Waals surface area contributed by atoms with Gasteiger partial charge in [0.1, 0.15) is 8.07 Å². The van der Waals surface area contributed by atoms with E-state index in [0.29, 0.717) is 0 Å². The van der Waals surface area contributed by atoms with Gasteiger partial charge in [-0.15, -0.1) is 13.2 Å². The number of aryl methyl sites for hydroxylation is 2. The third-order valence-electron chi connectivity index (χ3n) is 8.11. The molecule has 32 heavy (non-hydrogen) atoms. The quantitative estimate of drug-likeness (QED) is 0.442. The maximum Gasteiger partial charge on any atom is 0.118 e. The highest BCUT2D eigenvalue weighted by molar-refractivity contribution is 7.02. The Balaban J connectivity index is 1.60. The van der Waals surface area contributed by atoms with Crippen LogP contribution in [0.25, 0.3) is 0 Å². The summed E-state index contributed by atoms with van der Waals surface area (Å²) in [6.45, 7) is 12.3. The van der Waals surface area contributed by atoms with E-state index in [4.69, 9.17) is 0 Å². The molecule has 3 heteroatoms. The summed E-state index contributed by atoms with van der Waals surface area (Å²) in [5.74, 6) is 0. The predicted octanol–water partition coefficient (Wildman–Crippen LogP) is 5.31. The summed E-state index contributed by atoms with van der Waals surface area (Å²) in [7, 11) is -1.76. The summed E-state index contributed by atoms with van der Waals surface area (Å²) in [5, 5.41) is 3.33. The van der Waals surface area contributed by atoms with Gasteiger partial charge in [-0.1, -0.05) is 66.1 Å². The fourth-order valence-electron chi connectivity index (χ4n) is 6.49. The van der Waals surface area contributed by atoms with Crippen LogP contribution < -0.4 is 20.2 Å². The zero-order chi connectivity index (χ0) is 22.0. The lowest BCUT2D eigenvalue weighted by Crippen LogP contribution is -2.59. The van der Waals surface area contributed by atoms with Crippen molar-refractivity contribution in [2.45, 2.75) is 57.0 Å². The first-order valence-electron chi connectivity index (χ1n) is 12.7. The third-order valence-corrected chi connectivity index (χ3v) is 13.4. The molecule has 5 rings (SSSR count). The average Bonchev–Trinajstić information content (AvgIpc) is 2.85. The smallest absolute Gasteiger partial charge is 0.118 e. The highest BCUT2D eigenvalue weighted by atomic mass is 28.3. The molecular formula is C29H38N2Si. The molecule has 3 heterocycles. The molecule has 0 spiro atoms. The van der Waals surface area contributed by atoms with Gasteiger partial charge in [0.15, 0.2) is 0 Å². The van der Waals surface area contributed by atoms with Crippen molar-refractivity contribution in [2.75, 3.05) is 36.0 Å². The third kappa shape index (κ3) is 3.85. The van der Waals surface area contributed by atoms with E-state index in [0.717, 1.165) is 26.2 Å². The molecule has 2 aromatic rings. The second-order valence-corrected chi connectivity index (χ2v) is 14.3. The van der Waals surface area contributed by atoms with Crippen molar-refractivity contribution in [3.8, 4) is 0 Å². The molecule has 1 fully saturated rings. The van der Waals surface area contributed by atoms with E-state index in [1.807, 2.05) is 0 Å². The van der Waals surface area contributed by atoms with Crippen molar-refractivity contribution in [2.24, 2.45) is 0 Å². The molecule has 168 valence electrons. The number of benzene rings is 2. The van der Waals surface area contributed by atoms with Crippen molar-refractivity contribution in [3.63, 3.8) is 0 Å². The first-order chi connectivity index (χ1) is 15.7. The fraction of sp³-hybridized carbons (Fsp3) is 0.448. The van der Waals surface area contributed by atoms with E-state index in [1.54, 1.807) is 10.4 Å². The van der Waals surface area contributed by atoms with Crippen LogP contribution in [0.15, 0.2) is 61.7 Å². The van der Waals surface area contributed by atoms with Crippen LogP contribution in [0.5, 0.6) is 0 Å². The van der Waals surface area contributed by atoms with Gasteiger partial charge < -0.3 is 9.80 Å². The summed E-state index contributed by atoms with van der Waals surface area (Å²) in [5.41, 5.74) is 6.03. The van der Waals surface area contributed by atoms with Gasteiger partial charge >= 0.3 is 0 Å². The van der Waals surface area contributed by atoms with E-state index < -0.39 is 8.07 Å². The normalized spacial score (nSPS) is 19.8. The van der Waals surface area contributed by atoms with Crippen LogP contribution in [-0.2, 0) is 12.8 Å². The Morgan fingerprint density at radius 1 is 0.688 bits per heavy atom. The van der Waals surface area contributed by atoms with Gasteiger partial charge in [-0.25, -0.2) is 0 Å². The number of anilines is 2. The van der Waals surface area contributed by atoms with Crippen LogP contribution in [0.1, 0.15) is 43.2 Å². The van der Waals surface area contributed by atoms with Crippen molar-refractivity contribution < 1.29 is 0 Å². The molecule has 1 saturated heterocycles. The van der Waals surface area contributed by atoms with Crippen LogP contribution in [0, 0.1) is 0 Å². The van der Waals surface area contributed by atoms with E-state index in [-0.39, 0.29) is 0 Å². The minimum atomic E-state index is -1.76. The second-order valence-electron chi connectivity index (χ2n) is 10.0. The van der Waals surface area contributed by atoms with Gasteiger partial charge in [-0.2, -0.15) is 0 Å². The number of fused-ring (bicyclic) bond motifs is 2. The number of rotatable bonds is 6. The molecule has 0 aliphatic carbocycles. The Hall–Kier alpha value is -2.26. The predicted molar refractivity (Wildman–Crippen MR) is 143 cm³/mol. The van der Waals surface area contributed by atoms with E-state index in [1.165, 1.54) is 79.5 Å². The van der Waals surface area contributed by atoms with E-state index in [2.05, 4.69) is 71.5 Å². The lowest BCUT2D eigenvalue weighted by Gasteiger charge is -2.40. The molecule has 3 aliphatic heterocycles. The fourth-order valence-corrected chi connectivity index (χ4v) is 11.6. The largest absolute Gasteiger partial charge is 0.368 e. The van der Waals surface area contributed by atoms with Gasteiger partial charge in [0, 0.05) is 37.6 Å². The SMILES string of the molecule is C=CCN1CCCc2ccc([Si]3(c4ccc5c(c4)N(CC=C)CCC5)CCCCC3)cc21. The molecule has 0 bridgehead atoms. The molecule has 3 aliphatic rings. The monoisotopic (exact) mass is 442 g/mol. The molecule has 2 nitrogen and oxygen atoms in total. The first-order valence-corrected chi connectivity index (χ1v) is 15.1. The zero-order valence-electron chi connectivity index (χ0n) is 19.6. The molecule has 0 saturated carbocycles. The van der Waals surface area contributed by atoms with Gasteiger partial charge in [-0.3, -0.25) is 0 Å². The van der Waals surface area contributed by atoms with Crippen LogP contribution in [0.4, 0.5) is 11.4 Å². The molecule has 0 unspecified atom stereocenters. The zero-order valence-corrected chi connectivity index (χ0v) is 20.6. The van der Waals surface area contributed by atoms with Crippen molar-refractivity contribution in [1.82, 2.24) is 0 Å². The Kier molecular flexibility index (Phi) is 6.28. The molecule has 0 amide bonds. The first kappa shape index (κ1) is 21.6. The average molecular weight is 443 g/mol. The van der Waals surface area contributed by atoms with Crippen molar-refractivity contribution in [1.29, 1.82) is 0 Å². The Bertz CT molecular complexity index is 915. The Morgan fingerprint density at radius 3 is 1.66 bits per heavy atom.